The predicted molar refractivity (Wildman–Crippen MR) is 173 cm³/mol. The highest BCUT2D eigenvalue weighted by molar-refractivity contribution is 7.98. The van der Waals surface area contributed by atoms with Crippen molar-refractivity contribution in [3.8, 4) is 11.5 Å². The van der Waals surface area contributed by atoms with E-state index in [0.717, 1.165) is 22.4 Å². The van der Waals surface area contributed by atoms with Crippen LogP contribution in [0.1, 0.15) is 69.8 Å². The molecule has 9 heteroatoms. The molecule has 0 spiro atoms. The third-order valence-electron chi connectivity index (χ3n) is 7.32. The molecule has 0 amide bonds. The molecular weight excluding hydrogens is 580 g/mol. The van der Waals surface area contributed by atoms with Gasteiger partial charge in [-0.25, -0.2) is 4.68 Å². The van der Waals surface area contributed by atoms with Crippen molar-refractivity contribution in [1.82, 2.24) is 14.8 Å². The molecule has 4 aromatic rings. The number of ether oxygens (including phenoxy) is 2. The van der Waals surface area contributed by atoms with Gasteiger partial charge < -0.3 is 14.8 Å². The van der Waals surface area contributed by atoms with Gasteiger partial charge in [0.15, 0.2) is 17.3 Å². The monoisotopic (exact) mass is 616 g/mol. The van der Waals surface area contributed by atoms with E-state index in [1.54, 1.807) is 11.6 Å². The predicted octanol–water partition coefficient (Wildman–Crippen LogP) is 8.38. The molecule has 3 aromatic carbocycles. The van der Waals surface area contributed by atoms with Crippen molar-refractivity contribution in [2.75, 3.05) is 11.9 Å². The summed E-state index contributed by atoms with van der Waals surface area (Å²) in [5.41, 5.74) is 5.67. The summed E-state index contributed by atoms with van der Waals surface area (Å²) in [6.07, 6.45) is 0. The standard InChI is InChI=1S/C34H37ClN4O3S/c1-7-41-29-18-24(14-17-28(29)42-19-23-12-15-26(16-13-23)34(4,5)6)31-30(22(3)40)21(2)36-32-37-33(38-39(31)32)43-20-25-10-8-9-11-27(25)35/h8-18,31H,7,19-20H2,1-6H3,(H,36,37,38). The molecule has 1 unspecified atom stereocenters. The van der Waals surface area contributed by atoms with Gasteiger partial charge in [0.1, 0.15) is 12.6 Å². The average Bonchev–Trinajstić information content (AvgIpc) is 3.37. The first-order valence-corrected chi connectivity index (χ1v) is 15.7. The van der Waals surface area contributed by atoms with E-state index in [9.17, 15) is 4.79 Å². The molecule has 2 heterocycles. The largest absolute Gasteiger partial charge is 0.490 e. The van der Waals surface area contributed by atoms with Crippen LogP contribution in [0.15, 0.2) is 83.2 Å². The van der Waals surface area contributed by atoms with Crippen molar-refractivity contribution in [2.24, 2.45) is 0 Å². The lowest BCUT2D eigenvalue weighted by Gasteiger charge is -2.28. The number of ketones is 1. The fraction of sp³-hybridized carbons (Fsp3) is 0.324. The number of benzene rings is 3. The number of nitrogens with one attached hydrogen (secondary N) is 1. The molecule has 0 saturated carbocycles. The molecule has 43 heavy (non-hydrogen) atoms. The Balaban J connectivity index is 1.43. The van der Waals surface area contributed by atoms with Gasteiger partial charge in [-0.15, -0.1) is 5.10 Å². The second-order valence-corrected chi connectivity index (χ2v) is 12.9. The van der Waals surface area contributed by atoms with E-state index >= 15 is 0 Å². The summed E-state index contributed by atoms with van der Waals surface area (Å²) in [6.45, 7) is 12.9. The fourth-order valence-electron chi connectivity index (χ4n) is 5.06. The first kappa shape index (κ1) is 30.7. The lowest BCUT2D eigenvalue weighted by atomic mass is 9.87. The SMILES string of the molecule is CCOc1cc(C2C(C(C)=O)=C(C)Nc3nc(SCc4ccccc4Cl)nn32)ccc1OCc1ccc(C(C)(C)C)cc1. The maximum Gasteiger partial charge on any atom is 0.227 e. The Kier molecular flexibility index (Phi) is 9.18. The van der Waals surface area contributed by atoms with Gasteiger partial charge in [0.25, 0.3) is 0 Å². The Hall–Kier alpha value is -3.75. The average molecular weight is 617 g/mol. The molecule has 224 valence electrons. The summed E-state index contributed by atoms with van der Waals surface area (Å²) in [7, 11) is 0. The number of carbonyl (C=O) groups is 1. The van der Waals surface area contributed by atoms with Crippen LogP contribution in [0.4, 0.5) is 5.95 Å². The van der Waals surface area contributed by atoms with Crippen LogP contribution >= 0.6 is 23.4 Å². The Morgan fingerprint density at radius 3 is 2.47 bits per heavy atom. The van der Waals surface area contributed by atoms with Crippen molar-refractivity contribution in [3.63, 3.8) is 0 Å². The minimum Gasteiger partial charge on any atom is -0.490 e. The molecule has 0 fully saturated rings. The fourth-order valence-corrected chi connectivity index (χ4v) is 6.17. The van der Waals surface area contributed by atoms with Crippen LogP contribution in [0.5, 0.6) is 11.5 Å². The van der Waals surface area contributed by atoms with Gasteiger partial charge in [-0.05, 0) is 66.6 Å². The number of hydrogen-bond acceptors (Lipinski definition) is 7. The number of aromatic nitrogens is 3. The Morgan fingerprint density at radius 1 is 1.05 bits per heavy atom. The molecular formula is C34H37ClN4O3S. The first-order chi connectivity index (χ1) is 20.5. The van der Waals surface area contributed by atoms with Crippen molar-refractivity contribution in [3.05, 3.63) is 105 Å². The number of halogens is 1. The molecule has 0 aliphatic carbocycles. The van der Waals surface area contributed by atoms with Crippen molar-refractivity contribution in [1.29, 1.82) is 0 Å². The van der Waals surface area contributed by atoms with E-state index in [0.29, 0.717) is 52.2 Å². The molecule has 0 saturated heterocycles. The summed E-state index contributed by atoms with van der Waals surface area (Å²) in [5, 5.41) is 9.40. The van der Waals surface area contributed by atoms with Gasteiger partial charge in [-0.3, -0.25) is 4.79 Å². The van der Waals surface area contributed by atoms with Crippen LogP contribution in [-0.2, 0) is 22.6 Å². The molecule has 1 aromatic heterocycles. The lowest BCUT2D eigenvalue weighted by Crippen LogP contribution is -2.27. The summed E-state index contributed by atoms with van der Waals surface area (Å²) in [6, 6.07) is 21.6. The summed E-state index contributed by atoms with van der Waals surface area (Å²) >= 11 is 7.86. The molecule has 7 nitrogen and oxygen atoms in total. The number of nitrogens with zero attached hydrogens (tertiary/aromatic N) is 3. The van der Waals surface area contributed by atoms with Crippen LogP contribution in [0.25, 0.3) is 0 Å². The Morgan fingerprint density at radius 2 is 1.79 bits per heavy atom. The van der Waals surface area contributed by atoms with Gasteiger partial charge >= 0.3 is 0 Å². The van der Waals surface area contributed by atoms with Gasteiger partial charge in [0.05, 0.1) is 6.61 Å². The van der Waals surface area contributed by atoms with Crippen LogP contribution in [0.3, 0.4) is 0 Å². The highest BCUT2D eigenvalue weighted by Crippen LogP contribution is 2.40. The number of Topliss-reactive ketones (excluding diaryl/α,β-unsaturated/α-hetero) is 1. The lowest BCUT2D eigenvalue weighted by molar-refractivity contribution is -0.114. The van der Waals surface area contributed by atoms with Crippen molar-refractivity contribution < 1.29 is 14.3 Å². The third kappa shape index (κ3) is 6.92. The van der Waals surface area contributed by atoms with E-state index in [2.05, 4.69) is 50.4 Å². The molecule has 0 radical (unpaired) electrons. The first-order valence-electron chi connectivity index (χ1n) is 14.4. The zero-order chi connectivity index (χ0) is 30.7. The van der Waals surface area contributed by atoms with E-state index < -0.39 is 6.04 Å². The molecule has 1 atom stereocenters. The van der Waals surface area contributed by atoms with Gasteiger partial charge in [0, 0.05) is 22.0 Å². The van der Waals surface area contributed by atoms with Crippen LogP contribution in [0, 0.1) is 0 Å². The Labute approximate surface area is 262 Å². The van der Waals surface area contributed by atoms with Gasteiger partial charge in [-0.2, -0.15) is 4.98 Å². The van der Waals surface area contributed by atoms with Gasteiger partial charge in [0.2, 0.25) is 11.1 Å². The molecule has 1 N–H and O–H groups in total. The second kappa shape index (κ2) is 12.9. The quantitative estimate of drug-likeness (QED) is 0.179. The number of hydrogen-bond donors (Lipinski definition) is 1. The minimum atomic E-state index is -0.478. The van der Waals surface area contributed by atoms with Crippen LogP contribution in [-0.4, -0.2) is 27.2 Å². The second-order valence-electron chi connectivity index (χ2n) is 11.5. The highest BCUT2D eigenvalue weighted by atomic mass is 35.5. The van der Waals surface area contributed by atoms with Crippen LogP contribution in [0.2, 0.25) is 5.02 Å². The van der Waals surface area contributed by atoms with Crippen molar-refractivity contribution >= 4 is 35.1 Å². The number of thioether (sulfide) groups is 1. The number of rotatable bonds is 10. The Bertz CT molecular complexity index is 1660. The summed E-state index contributed by atoms with van der Waals surface area (Å²) in [4.78, 5) is 17.7. The number of carbonyl (C=O) groups excluding carboxylic acids is 1. The van der Waals surface area contributed by atoms with Crippen LogP contribution < -0.4 is 14.8 Å². The molecule has 1 aliphatic rings. The number of allylic oxidation sites excluding steroid dienone is 2. The summed E-state index contributed by atoms with van der Waals surface area (Å²) < 4.78 is 14.0. The van der Waals surface area contributed by atoms with E-state index in [1.165, 1.54) is 17.3 Å². The zero-order valence-electron chi connectivity index (χ0n) is 25.4. The smallest absolute Gasteiger partial charge is 0.227 e. The normalized spacial score (nSPS) is 14.7. The topological polar surface area (TPSA) is 78.3 Å². The molecule has 5 rings (SSSR count). The molecule has 0 bridgehead atoms. The van der Waals surface area contributed by atoms with E-state index in [4.69, 9.17) is 31.2 Å². The third-order valence-corrected chi connectivity index (χ3v) is 8.58. The van der Waals surface area contributed by atoms with E-state index in [1.807, 2.05) is 56.3 Å². The highest BCUT2D eigenvalue weighted by Gasteiger charge is 2.33. The maximum absolute atomic E-state index is 12.9. The van der Waals surface area contributed by atoms with E-state index in [-0.39, 0.29) is 11.2 Å². The minimum absolute atomic E-state index is 0.0431. The number of anilines is 1. The van der Waals surface area contributed by atoms with Gasteiger partial charge in [-0.1, -0.05) is 92.7 Å². The molecule has 1 aliphatic heterocycles. The summed E-state index contributed by atoms with van der Waals surface area (Å²) in [5.74, 6) is 2.41. The maximum atomic E-state index is 12.9. The number of fused-ring (bicyclic) bond motifs is 1. The zero-order valence-corrected chi connectivity index (χ0v) is 27.0. The van der Waals surface area contributed by atoms with Crippen molar-refractivity contribution in [2.45, 2.75) is 70.5 Å².